The molecule has 0 radical (unpaired) electrons. The normalized spacial score (nSPS) is 14.2. The van der Waals surface area contributed by atoms with Crippen molar-refractivity contribution in [1.82, 2.24) is 9.21 Å². The number of likely N-dealkylation sites (tertiary alicyclic amines) is 1. The Morgan fingerprint density at radius 1 is 1.07 bits per heavy atom. The third-order valence-electron chi connectivity index (χ3n) is 4.92. The molecule has 1 heterocycles. The standard InChI is InChI=1S/C21H24ClN3O4S/c1-30(28,29)25(14-16-8-2-4-10-18(16)22)15-20(26)23-19-11-5-3-9-17(19)21(27)24-12-6-7-13-24/h2-5,8-11H,6-7,12-15H2,1H3,(H,23,26). The second-order valence-electron chi connectivity index (χ2n) is 7.22. The highest BCUT2D eigenvalue weighted by molar-refractivity contribution is 7.88. The number of carbonyl (C=O) groups excluding carboxylic acids is 2. The summed E-state index contributed by atoms with van der Waals surface area (Å²) in [5.41, 5.74) is 1.36. The van der Waals surface area contributed by atoms with Crippen LogP contribution in [0.1, 0.15) is 28.8 Å². The number of halogens is 1. The highest BCUT2D eigenvalue weighted by Gasteiger charge is 2.24. The van der Waals surface area contributed by atoms with Gasteiger partial charge in [0.1, 0.15) is 0 Å². The van der Waals surface area contributed by atoms with Gasteiger partial charge in [-0.05, 0) is 36.6 Å². The van der Waals surface area contributed by atoms with Crippen molar-refractivity contribution < 1.29 is 18.0 Å². The number of anilines is 1. The molecule has 1 aliphatic rings. The topological polar surface area (TPSA) is 86.8 Å². The molecule has 2 amide bonds. The molecule has 2 aromatic rings. The fourth-order valence-corrected chi connectivity index (χ4v) is 4.25. The van der Waals surface area contributed by atoms with Crippen molar-refractivity contribution in [2.45, 2.75) is 19.4 Å². The Hall–Kier alpha value is -2.42. The first kappa shape index (κ1) is 22.3. The van der Waals surface area contributed by atoms with Crippen LogP contribution >= 0.6 is 11.6 Å². The quantitative estimate of drug-likeness (QED) is 0.704. The van der Waals surface area contributed by atoms with Gasteiger partial charge in [0, 0.05) is 24.7 Å². The van der Waals surface area contributed by atoms with Gasteiger partial charge in [0.2, 0.25) is 15.9 Å². The molecule has 1 aliphatic heterocycles. The van der Waals surface area contributed by atoms with Gasteiger partial charge in [-0.25, -0.2) is 8.42 Å². The van der Waals surface area contributed by atoms with E-state index in [-0.39, 0.29) is 12.5 Å². The van der Waals surface area contributed by atoms with Crippen molar-refractivity contribution in [3.63, 3.8) is 0 Å². The van der Waals surface area contributed by atoms with E-state index in [1.54, 1.807) is 53.4 Å². The van der Waals surface area contributed by atoms with Gasteiger partial charge in [-0.15, -0.1) is 0 Å². The molecule has 0 unspecified atom stereocenters. The lowest BCUT2D eigenvalue weighted by Crippen LogP contribution is -2.37. The zero-order valence-electron chi connectivity index (χ0n) is 16.7. The van der Waals surface area contributed by atoms with Crippen LogP contribution < -0.4 is 5.32 Å². The van der Waals surface area contributed by atoms with Crippen LogP contribution in [-0.4, -0.2) is 55.3 Å². The molecule has 3 rings (SSSR count). The summed E-state index contributed by atoms with van der Waals surface area (Å²) in [7, 11) is -3.67. The average molecular weight is 450 g/mol. The second kappa shape index (κ2) is 9.59. The number of sulfonamides is 1. The molecule has 0 aromatic heterocycles. The molecule has 2 aromatic carbocycles. The largest absolute Gasteiger partial charge is 0.339 e. The SMILES string of the molecule is CS(=O)(=O)N(CC(=O)Nc1ccccc1C(=O)N1CCCC1)Cc1ccccc1Cl. The van der Waals surface area contributed by atoms with Gasteiger partial charge in [-0.3, -0.25) is 9.59 Å². The van der Waals surface area contributed by atoms with E-state index in [1.165, 1.54) is 0 Å². The van der Waals surface area contributed by atoms with Crippen molar-refractivity contribution >= 4 is 39.1 Å². The lowest BCUT2D eigenvalue weighted by molar-refractivity contribution is -0.116. The maximum atomic E-state index is 12.8. The van der Waals surface area contributed by atoms with Gasteiger partial charge in [0.25, 0.3) is 5.91 Å². The lowest BCUT2D eigenvalue weighted by Gasteiger charge is -2.21. The lowest BCUT2D eigenvalue weighted by atomic mass is 10.1. The Balaban J connectivity index is 1.75. The van der Waals surface area contributed by atoms with Crippen LogP contribution in [0.3, 0.4) is 0 Å². The fourth-order valence-electron chi connectivity index (χ4n) is 3.33. The summed E-state index contributed by atoms with van der Waals surface area (Å²) in [5, 5.41) is 3.12. The molecule has 0 bridgehead atoms. The number of benzene rings is 2. The molecular formula is C21H24ClN3O4S. The first-order chi connectivity index (χ1) is 14.3. The van der Waals surface area contributed by atoms with Crippen LogP contribution in [0.25, 0.3) is 0 Å². The maximum Gasteiger partial charge on any atom is 0.255 e. The summed E-state index contributed by atoms with van der Waals surface area (Å²) in [4.78, 5) is 27.2. The van der Waals surface area contributed by atoms with Gasteiger partial charge in [0.05, 0.1) is 24.1 Å². The first-order valence-electron chi connectivity index (χ1n) is 9.62. The monoisotopic (exact) mass is 449 g/mol. The number of para-hydroxylation sites is 1. The molecule has 0 spiro atoms. The molecule has 7 nitrogen and oxygen atoms in total. The Morgan fingerprint density at radius 2 is 1.70 bits per heavy atom. The van der Waals surface area contributed by atoms with Crippen LogP contribution in [0.2, 0.25) is 5.02 Å². The predicted molar refractivity (Wildman–Crippen MR) is 117 cm³/mol. The molecule has 30 heavy (non-hydrogen) atoms. The molecule has 1 saturated heterocycles. The summed E-state index contributed by atoms with van der Waals surface area (Å²) in [5.74, 6) is -0.673. The zero-order valence-corrected chi connectivity index (χ0v) is 18.2. The van der Waals surface area contributed by atoms with E-state index in [4.69, 9.17) is 11.6 Å². The number of nitrogens with one attached hydrogen (secondary N) is 1. The maximum absolute atomic E-state index is 12.8. The molecule has 0 atom stereocenters. The summed E-state index contributed by atoms with van der Waals surface area (Å²) in [6, 6.07) is 13.6. The number of nitrogens with zero attached hydrogens (tertiary/aromatic N) is 2. The Labute approximate surface area is 181 Å². The molecule has 160 valence electrons. The van der Waals surface area contributed by atoms with Crippen LogP contribution in [-0.2, 0) is 21.4 Å². The number of hydrogen-bond acceptors (Lipinski definition) is 4. The summed E-state index contributed by atoms with van der Waals surface area (Å²) >= 11 is 6.14. The van der Waals surface area contributed by atoms with E-state index < -0.39 is 22.5 Å². The molecule has 9 heteroatoms. The van der Waals surface area contributed by atoms with Gasteiger partial charge in [0.15, 0.2) is 0 Å². The van der Waals surface area contributed by atoms with E-state index in [2.05, 4.69) is 5.32 Å². The summed E-state index contributed by atoms with van der Waals surface area (Å²) < 4.78 is 25.5. The van der Waals surface area contributed by atoms with Crippen LogP contribution in [0, 0.1) is 0 Å². The van der Waals surface area contributed by atoms with Gasteiger partial charge in [-0.1, -0.05) is 41.9 Å². The first-order valence-corrected chi connectivity index (χ1v) is 11.8. The third-order valence-corrected chi connectivity index (χ3v) is 6.48. The van der Waals surface area contributed by atoms with Crippen LogP contribution in [0.15, 0.2) is 48.5 Å². The molecule has 1 fully saturated rings. The molecule has 1 N–H and O–H groups in total. The number of rotatable bonds is 7. The Morgan fingerprint density at radius 3 is 2.37 bits per heavy atom. The van der Waals surface area contributed by atoms with E-state index in [1.807, 2.05) is 0 Å². The summed E-state index contributed by atoms with van der Waals surface area (Å²) in [6.07, 6.45) is 2.97. The van der Waals surface area contributed by atoms with E-state index in [0.29, 0.717) is 34.9 Å². The number of carbonyl (C=O) groups is 2. The van der Waals surface area contributed by atoms with Gasteiger partial charge < -0.3 is 10.2 Å². The van der Waals surface area contributed by atoms with Crippen molar-refractivity contribution in [3.8, 4) is 0 Å². The number of amides is 2. The minimum absolute atomic E-state index is 0.0275. The number of hydrogen-bond donors (Lipinski definition) is 1. The van der Waals surface area contributed by atoms with Crippen molar-refractivity contribution in [2.75, 3.05) is 31.2 Å². The van der Waals surface area contributed by atoms with Gasteiger partial charge in [-0.2, -0.15) is 4.31 Å². The smallest absolute Gasteiger partial charge is 0.255 e. The highest BCUT2D eigenvalue weighted by Crippen LogP contribution is 2.21. The van der Waals surface area contributed by atoms with Crippen molar-refractivity contribution in [2.24, 2.45) is 0 Å². The average Bonchev–Trinajstić information content (AvgIpc) is 3.23. The van der Waals surface area contributed by atoms with E-state index in [0.717, 1.165) is 23.4 Å². The van der Waals surface area contributed by atoms with Gasteiger partial charge >= 0.3 is 0 Å². The van der Waals surface area contributed by atoms with Crippen molar-refractivity contribution in [1.29, 1.82) is 0 Å². The molecule has 0 aliphatic carbocycles. The minimum Gasteiger partial charge on any atom is -0.339 e. The third kappa shape index (κ3) is 5.59. The second-order valence-corrected chi connectivity index (χ2v) is 9.61. The summed E-state index contributed by atoms with van der Waals surface area (Å²) in [6.45, 7) is 0.970. The predicted octanol–water partition coefficient (Wildman–Crippen LogP) is 2.98. The Kier molecular flexibility index (Phi) is 7.12. The minimum atomic E-state index is -3.67. The van der Waals surface area contributed by atoms with Crippen molar-refractivity contribution in [3.05, 3.63) is 64.7 Å². The van der Waals surface area contributed by atoms with E-state index >= 15 is 0 Å². The van der Waals surface area contributed by atoms with Crippen LogP contribution in [0.4, 0.5) is 5.69 Å². The van der Waals surface area contributed by atoms with Crippen LogP contribution in [0.5, 0.6) is 0 Å². The Bertz CT molecular complexity index is 1040. The van der Waals surface area contributed by atoms with E-state index in [9.17, 15) is 18.0 Å². The fraction of sp³-hybridized carbons (Fsp3) is 0.333. The zero-order chi connectivity index (χ0) is 21.7. The molecule has 0 saturated carbocycles. The highest BCUT2D eigenvalue weighted by atomic mass is 35.5. The molecular weight excluding hydrogens is 426 g/mol.